The van der Waals surface area contributed by atoms with Gasteiger partial charge in [-0.15, -0.1) is 0 Å². The first-order valence-corrected chi connectivity index (χ1v) is 9.76. The molecule has 0 fully saturated rings. The van der Waals surface area contributed by atoms with Crippen LogP contribution >= 0.6 is 0 Å². The number of sulfonamides is 1. The summed E-state index contributed by atoms with van der Waals surface area (Å²) in [7, 11) is -2.42. The van der Waals surface area contributed by atoms with E-state index in [2.05, 4.69) is 9.93 Å². The molecule has 0 bridgehead atoms. The number of ether oxygens (including phenoxy) is 2. The van der Waals surface area contributed by atoms with Crippen molar-refractivity contribution >= 4 is 21.7 Å². The second-order valence-corrected chi connectivity index (χ2v) is 7.72. The van der Waals surface area contributed by atoms with Crippen LogP contribution in [0.5, 0.6) is 11.5 Å². The number of rotatable bonds is 8. The highest BCUT2D eigenvalue weighted by Crippen LogP contribution is 2.28. The van der Waals surface area contributed by atoms with Crippen LogP contribution < -0.4 is 19.4 Å². The summed E-state index contributed by atoms with van der Waals surface area (Å²) < 4.78 is 35.3. The molecule has 150 valence electrons. The molecule has 0 saturated carbocycles. The SMILES string of the molecule is COc1cc(/C(C)=N\NS(=O)(=O)c2cc(C)ccc2C)ccc1OCC(=O)[O-]. The van der Waals surface area contributed by atoms with Gasteiger partial charge in [0, 0.05) is 5.56 Å². The molecule has 2 aromatic rings. The zero-order valence-corrected chi connectivity index (χ0v) is 16.8. The number of hydrogen-bond acceptors (Lipinski definition) is 7. The van der Waals surface area contributed by atoms with E-state index in [-0.39, 0.29) is 16.4 Å². The lowest BCUT2D eigenvalue weighted by Gasteiger charge is -2.13. The van der Waals surface area contributed by atoms with E-state index in [0.717, 1.165) is 5.56 Å². The molecule has 2 aromatic carbocycles. The quantitative estimate of drug-likeness (QED) is 0.520. The average Bonchev–Trinajstić information content (AvgIpc) is 2.66. The molecule has 0 aliphatic heterocycles. The minimum atomic E-state index is -3.82. The number of aryl methyl sites for hydroxylation is 2. The lowest BCUT2D eigenvalue weighted by atomic mass is 10.1. The van der Waals surface area contributed by atoms with E-state index in [0.29, 0.717) is 16.8 Å². The maximum atomic E-state index is 12.5. The van der Waals surface area contributed by atoms with Gasteiger partial charge < -0.3 is 19.4 Å². The largest absolute Gasteiger partial charge is 0.546 e. The predicted molar refractivity (Wildman–Crippen MR) is 102 cm³/mol. The van der Waals surface area contributed by atoms with Gasteiger partial charge in [-0.1, -0.05) is 12.1 Å². The lowest BCUT2D eigenvalue weighted by molar-refractivity contribution is -0.307. The first-order chi connectivity index (χ1) is 13.1. The molecule has 9 heteroatoms. The van der Waals surface area contributed by atoms with Gasteiger partial charge in [0.1, 0.15) is 6.61 Å². The number of carbonyl (C=O) groups is 1. The molecule has 8 nitrogen and oxygen atoms in total. The van der Waals surface area contributed by atoms with Crippen molar-refractivity contribution in [3.63, 3.8) is 0 Å². The molecule has 0 aliphatic rings. The molecule has 0 spiro atoms. The first-order valence-electron chi connectivity index (χ1n) is 8.28. The topological polar surface area (TPSA) is 117 Å². The molecule has 0 heterocycles. The molecule has 0 saturated heterocycles. The Morgan fingerprint density at radius 2 is 1.86 bits per heavy atom. The first kappa shape index (κ1) is 21.2. The highest BCUT2D eigenvalue weighted by atomic mass is 32.2. The Balaban J connectivity index is 2.25. The third kappa shape index (κ3) is 5.23. The van der Waals surface area contributed by atoms with E-state index in [1.54, 1.807) is 38.1 Å². The Hall–Kier alpha value is -3.07. The van der Waals surface area contributed by atoms with Crippen LogP contribution in [-0.2, 0) is 14.8 Å². The third-order valence-corrected chi connectivity index (χ3v) is 5.24. The van der Waals surface area contributed by atoms with Gasteiger partial charge in [-0.2, -0.15) is 18.4 Å². The molecule has 2 rings (SSSR count). The Bertz CT molecular complexity index is 1020. The molecule has 28 heavy (non-hydrogen) atoms. The number of nitrogens with one attached hydrogen (secondary N) is 1. The number of carboxylic acids is 1. The molecule has 0 aliphatic carbocycles. The number of carboxylic acid groups (broad SMARTS) is 1. The Morgan fingerprint density at radius 3 is 2.50 bits per heavy atom. The van der Waals surface area contributed by atoms with Crippen LogP contribution in [0.4, 0.5) is 0 Å². The van der Waals surface area contributed by atoms with E-state index in [1.807, 2.05) is 13.0 Å². The van der Waals surface area contributed by atoms with Crippen molar-refractivity contribution in [1.29, 1.82) is 0 Å². The smallest absolute Gasteiger partial charge is 0.276 e. The van der Waals surface area contributed by atoms with Crippen LogP contribution in [0, 0.1) is 13.8 Å². The van der Waals surface area contributed by atoms with Gasteiger partial charge in [0.2, 0.25) is 0 Å². The Labute approximate surface area is 163 Å². The standard InChI is InChI=1S/C19H22N2O6S/c1-12-5-6-13(2)18(9-12)28(24,25)21-20-14(3)15-7-8-16(17(10-15)26-4)27-11-19(22)23/h5-10,21H,11H2,1-4H3,(H,22,23)/p-1/b20-14-. The fourth-order valence-corrected chi connectivity index (χ4v) is 3.58. The normalized spacial score (nSPS) is 11.8. The van der Waals surface area contributed by atoms with Gasteiger partial charge in [0.25, 0.3) is 10.0 Å². The van der Waals surface area contributed by atoms with E-state index >= 15 is 0 Å². The lowest BCUT2D eigenvalue weighted by Crippen LogP contribution is -2.29. The van der Waals surface area contributed by atoms with Crippen molar-refractivity contribution in [2.45, 2.75) is 25.7 Å². The monoisotopic (exact) mass is 405 g/mol. The summed E-state index contributed by atoms with van der Waals surface area (Å²) in [6, 6.07) is 9.83. The van der Waals surface area contributed by atoms with Crippen molar-refractivity contribution in [2.24, 2.45) is 5.10 Å². The van der Waals surface area contributed by atoms with Crippen molar-refractivity contribution < 1.29 is 27.8 Å². The van der Waals surface area contributed by atoms with Gasteiger partial charge >= 0.3 is 0 Å². The molecule has 0 radical (unpaired) electrons. The van der Waals surface area contributed by atoms with E-state index < -0.39 is 22.6 Å². The van der Waals surface area contributed by atoms with Gasteiger partial charge in [0.15, 0.2) is 11.5 Å². The number of carbonyl (C=O) groups excluding carboxylic acids is 1. The maximum Gasteiger partial charge on any atom is 0.276 e. The number of aliphatic carboxylic acids is 1. The molecule has 0 unspecified atom stereocenters. The van der Waals surface area contributed by atoms with Crippen molar-refractivity contribution in [1.82, 2.24) is 4.83 Å². The van der Waals surface area contributed by atoms with Gasteiger partial charge in [-0.05, 0) is 56.2 Å². The molecule has 0 amide bonds. The van der Waals surface area contributed by atoms with Gasteiger partial charge in [-0.25, -0.2) is 0 Å². The summed E-state index contributed by atoms with van der Waals surface area (Å²) in [6.07, 6.45) is 0. The number of hydrazone groups is 1. The number of hydrogen-bond donors (Lipinski definition) is 1. The second kappa shape index (κ2) is 8.75. The second-order valence-electron chi connectivity index (χ2n) is 6.09. The summed E-state index contributed by atoms with van der Waals surface area (Å²) in [5.41, 5.74) is 2.39. The average molecular weight is 405 g/mol. The zero-order chi connectivity index (χ0) is 20.9. The van der Waals surface area contributed by atoms with Crippen molar-refractivity contribution in [3.05, 3.63) is 53.1 Å². The summed E-state index contributed by atoms with van der Waals surface area (Å²) >= 11 is 0. The molecule has 0 atom stereocenters. The fourth-order valence-electron chi connectivity index (χ4n) is 2.39. The highest BCUT2D eigenvalue weighted by Gasteiger charge is 2.16. The number of nitrogens with zero attached hydrogens (tertiary/aromatic N) is 1. The fraction of sp³-hybridized carbons (Fsp3) is 0.263. The van der Waals surface area contributed by atoms with Crippen LogP contribution in [0.2, 0.25) is 0 Å². The molecular weight excluding hydrogens is 384 g/mol. The van der Waals surface area contributed by atoms with Crippen LogP contribution in [-0.4, -0.2) is 33.8 Å². The number of benzene rings is 2. The van der Waals surface area contributed by atoms with Crippen LogP contribution in [0.1, 0.15) is 23.6 Å². The maximum absolute atomic E-state index is 12.5. The molecule has 0 aromatic heterocycles. The van der Waals surface area contributed by atoms with Crippen LogP contribution in [0.3, 0.4) is 0 Å². The van der Waals surface area contributed by atoms with E-state index in [4.69, 9.17) is 9.47 Å². The summed E-state index contributed by atoms with van der Waals surface area (Å²) in [6.45, 7) is 4.53. The summed E-state index contributed by atoms with van der Waals surface area (Å²) in [5.74, 6) is -0.852. The number of methoxy groups -OCH3 is 1. The zero-order valence-electron chi connectivity index (χ0n) is 16.0. The molecular formula is C19H21N2O6S-. The summed E-state index contributed by atoms with van der Waals surface area (Å²) in [5, 5.41) is 14.5. The van der Waals surface area contributed by atoms with Gasteiger partial charge in [0.05, 0.1) is 23.7 Å². The Morgan fingerprint density at radius 1 is 1.14 bits per heavy atom. The highest BCUT2D eigenvalue weighted by molar-refractivity contribution is 7.89. The summed E-state index contributed by atoms with van der Waals surface area (Å²) in [4.78, 5) is 12.9. The Kier molecular flexibility index (Phi) is 6.63. The van der Waals surface area contributed by atoms with Crippen LogP contribution in [0.15, 0.2) is 46.4 Å². The van der Waals surface area contributed by atoms with Gasteiger partial charge in [-0.3, -0.25) is 0 Å². The van der Waals surface area contributed by atoms with Crippen molar-refractivity contribution in [2.75, 3.05) is 13.7 Å². The minimum Gasteiger partial charge on any atom is -0.546 e. The third-order valence-electron chi connectivity index (χ3n) is 3.89. The molecule has 1 N–H and O–H groups in total. The van der Waals surface area contributed by atoms with E-state index in [1.165, 1.54) is 13.2 Å². The van der Waals surface area contributed by atoms with Crippen LogP contribution in [0.25, 0.3) is 0 Å². The predicted octanol–water partition coefficient (Wildman–Crippen LogP) is 1.14. The van der Waals surface area contributed by atoms with Crippen molar-refractivity contribution in [3.8, 4) is 11.5 Å². The minimum absolute atomic E-state index is 0.160. The van der Waals surface area contributed by atoms with E-state index in [9.17, 15) is 18.3 Å².